The molecule has 8 nitrogen and oxygen atoms in total. The molecule has 0 unspecified atom stereocenters. The zero-order valence-electron chi connectivity index (χ0n) is 17.9. The van der Waals surface area contributed by atoms with Crippen molar-refractivity contribution in [1.82, 2.24) is 0 Å². The average molecular weight is 428 g/mol. The van der Waals surface area contributed by atoms with E-state index in [-0.39, 0.29) is 41.8 Å². The van der Waals surface area contributed by atoms with Crippen LogP contribution in [-0.4, -0.2) is 49.4 Å². The van der Waals surface area contributed by atoms with Crippen LogP contribution in [0.5, 0.6) is 0 Å². The van der Waals surface area contributed by atoms with E-state index in [0.29, 0.717) is 29.6 Å². The first kappa shape index (κ1) is 20.2. The number of cyclic esters (lactones) is 1. The van der Waals surface area contributed by atoms with Crippen LogP contribution >= 0.6 is 0 Å². The van der Waals surface area contributed by atoms with E-state index in [1.54, 1.807) is 0 Å². The van der Waals surface area contributed by atoms with Crippen molar-refractivity contribution in [3.05, 3.63) is 34.3 Å². The van der Waals surface area contributed by atoms with Gasteiger partial charge in [0.2, 0.25) is 5.78 Å². The van der Waals surface area contributed by atoms with Crippen LogP contribution in [0, 0.1) is 11.3 Å². The molecular formula is C23H24O8. The van der Waals surface area contributed by atoms with Gasteiger partial charge >= 0.3 is 11.9 Å². The van der Waals surface area contributed by atoms with Crippen molar-refractivity contribution in [3.63, 3.8) is 0 Å². The van der Waals surface area contributed by atoms with E-state index in [1.807, 2.05) is 13.8 Å². The molecule has 0 N–H and O–H groups in total. The van der Waals surface area contributed by atoms with E-state index < -0.39 is 35.0 Å². The summed E-state index contributed by atoms with van der Waals surface area (Å²) in [5.74, 6) is -1.58. The third kappa shape index (κ3) is 2.39. The molecule has 2 heterocycles. The first-order valence-electron chi connectivity index (χ1n) is 10.5. The van der Waals surface area contributed by atoms with Crippen LogP contribution in [0.1, 0.15) is 66.5 Å². The summed E-state index contributed by atoms with van der Waals surface area (Å²) >= 11 is 0. The minimum absolute atomic E-state index is 0.0635. The monoisotopic (exact) mass is 428 g/mol. The Morgan fingerprint density at radius 2 is 2.00 bits per heavy atom. The number of furan rings is 1. The van der Waals surface area contributed by atoms with Crippen LogP contribution in [0.4, 0.5) is 0 Å². The van der Waals surface area contributed by atoms with Gasteiger partial charge in [-0.2, -0.15) is 0 Å². The molecule has 0 spiro atoms. The lowest BCUT2D eigenvalue weighted by atomic mass is 9.54. The summed E-state index contributed by atoms with van der Waals surface area (Å²) in [7, 11) is 1.50. The van der Waals surface area contributed by atoms with Crippen molar-refractivity contribution in [1.29, 1.82) is 0 Å². The number of carbonyl (C=O) groups excluding carboxylic acids is 4. The van der Waals surface area contributed by atoms with Gasteiger partial charge < -0.3 is 18.6 Å². The molecule has 164 valence electrons. The Hall–Kier alpha value is -2.74. The number of fused-ring (bicyclic) bond motifs is 3. The molecular weight excluding hydrogens is 404 g/mol. The summed E-state index contributed by atoms with van der Waals surface area (Å²) in [6.07, 6.45) is 0.906. The Labute approximate surface area is 178 Å². The molecule has 1 aliphatic heterocycles. The number of carbonyl (C=O) groups is 4. The molecule has 0 aromatic carbocycles. The van der Waals surface area contributed by atoms with E-state index >= 15 is 0 Å². The minimum atomic E-state index is -0.988. The quantitative estimate of drug-likeness (QED) is 0.676. The molecule has 0 amide bonds. The van der Waals surface area contributed by atoms with Gasteiger partial charge in [-0.3, -0.25) is 14.4 Å². The molecule has 3 aliphatic carbocycles. The zero-order chi connectivity index (χ0) is 22.3. The number of hydrogen-bond acceptors (Lipinski definition) is 8. The molecule has 5 rings (SSSR count). The Bertz CT molecular complexity index is 1080. The highest BCUT2D eigenvalue weighted by molar-refractivity contribution is 6.14. The number of allylic oxidation sites excluding steroid dienone is 1. The predicted octanol–water partition coefficient (Wildman–Crippen LogP) is 2.54. The number of ether oxygens (including phenoxy) is 3. The molecule has 1 fully saturated rings. The summed E-state index contributed by atoms with van der Waals surface area (Å²) in [5, 5.41) is 0. The fraction of sp³-hybridized carbons (Fsp3) is 0.565. The Morgan fingerprint density at radius 1 is 1.26 bits per heavy atom. The maximum absolute atomic E-state index is 13.7. The normalized spacial score (nSPS) is 36.0. The van der Waals surface area contributed by atoms with Crippen LogP contribution in [0.2, 0.25) is 0 Å². The van der Waals surface area contributed by atoms with Gasteiger partial charge in [0.1, 0.15) is 29.8 Å². The molecule has 0 saturated heterocycles. The van der Waals surface area contributed by atoms with Crippen molar-refractivity contribution in [2.24, 2.45) is 11.3 Å². The summed E-state index contributed by atoms with van der Waals surface area (Å²) < 4.78 is 22.4. The highest BCUT2D eigenvalue weighted by atomic mass is 16.6. The first-order valence-corrected chi connectivity index (χ1v) is 10.5. The van der Waals surface area contributed by atoms with E-state index in [0.717, 1.165) is 0 Å². The zero-order valence-corrected chi connectivity index (χ0v) is 17.9. The fourth-order valence-corrected chi connectivity index (χ4v) is 6.28. The van der Waals surface area contributed by atoms with Crippen molar-refractivity contribution < 1.29 is 37.8 Å². The van der Waals surface area contributed by atoms with E-state index in [2.05, 4.69) is 0 Å². The van der Waals surface area contributed by atoms with Crippen molar-refractivity contribution >= 4 is 23.5 Å². The van der Waals surface area contributed by atoms with Crippen LogP contribution in [0.3, 0.4) is 0 Å². The van der Waals surface area contributed by atoms with Crippen LogP contribution in [0.25, 0.3) is 0 Å². The maximum atomic E-state index is 13.7. The fourth-order valence-electron chi connectivity index (χ4n) is 6.28. The standard InChI is InChI=1S/C23H24O8/c1-10(24)30-13-7-22(2)12(5-6-14(22)25)16-18(13)23(3)15(9-28-4)31-21(27)11-8-29-20(17(11)23)19(16)26/h8,12-13,15H,5-7,9H2,1-4H3/t12-,13+,15+,22+,23-/m0/s1. The molecule has 1 aromatic heterocycles. The SMILES string of the molecule is COC[C@H]1OC(=O)c2coc3c2[C@@]1(C)C1=C(C3=O)[C@@H]2CCC(=O)[C@]2(C)C[C@H]1OC(C)=O. The van der Waals surface area contributed by atoms with Gasteiger partial charge in [0.25, 0.3) is 0 Å². The van der Waals surface area contributed by atoms with Gasteiger partial charge in [0.15, 0.2) is 5.76 Å². The van der Waals surface area contributed by atoms with Gasteiger partial charge in [-0.25, -0.2) is 4.79 Å². The first-order chi connectivity index (χ1) is 14.6. The maximum Gasteiger partial charge on any atom is 0.342 e. The summed E-state index contributed by atoms with van der Waals surface area (Å²) in [6.45, 7) is 5.11. The Kier molecular flexibility index (Phi) is 4.16. The number of Topliss-reactive ketones (excluding diaryl/α,β-unsaturated/α-hetero) is 2. The van der Waals surface area contributed by atoms with E-state index in [4.69, 9.17) is 18.6 Å². The predicted molar refractivity (Wildman–Crippen MR) is 105 cm³/mol. The number of hydrogen-bond donors (Lipinski definition) is 0. The van der Waals surface area contributed by atoms with Crippen LogP contribution in [-0.2, 0) is 29.2 Å². The number of ketones is 2. The molecule has 1 saturated carbocycles. The number of rotatable bonds is 3. The largest absolute Gasteiger partial charge is 0.460 e. The molecule has 0 bridgehead atoms. The van der Waals surface area contributed by atoms with Crippen molar-refractivity contribution in [2.75, 3.05) is 13.7 Å². The molecule has 5 atom stereocenters. The second-order valence-electron chi connectivity index (χ2n) is 9.30. The smallest absolute Gasteiger partial charge is 0.342 e. The lowest BCUT2D eigenvalue weighted by molar-refractivity contribution is -0.149. The van der Waals surface area contributed by atoms with E-state index in [1.165, 1.54) is 20.3 Å². The van der Waals surface area contributed by atoms with Crippen LogP contribution < -0.4 is 0 Å². The summed E-state index contributed by atoms with van der Waals surface area (Å²) in [6, 6.07) is 0. The Balaban J connectivity index is 1.82. The average Bonchev–Trinajstić information content (AvgIpc) is 3.27. The lowest BCUT2D eigenvalue weighted by Gasteiger charge is -2.51. The highest BCUT2D eigenvalue weighted by Gasteiger charge is 2.64. The molecule has 31 heavy (non-hydrogen) atoms. The van der Waals surface area contributed by atoms with Gasteiger partial charge in [-0.15, -0.1) is 0 Å². The van der Waals surface area contributed by atoms with Crippen molar-refractivity contribution in [2.45, 2.75) is 57.7 Å². The van der Waals surface area contributed by atoms with Crippen molar-refractivity contribution in [3.8, 4) is 0 Å². The summed E-state index contributed by atoms with van der Waals surface area (Å²) in [4.78, 5) is 51.2. The second kappa shape index (κ2) is 6.38. The van der Waals surface area contributed by atoms with Gasteiger partial charge in [-0.05, 0) is 18.9 Å². The van der Waals surface area contributed by atoms with Gasteiger partial charge in [0, 0.05) is 49.3 Å². The third-order valence-corrected chi connectivity index (χ3v) is 7.70. The third-order valence-electron chi connectivity index (χ3n) is 7.70. The second-order valence-corrected chi connectivity index (χ2v) is 9.30. The molecule has 1 aromatic rings. The highest BCUT2D eigenvalue weighted by Crippen LogP contribution is 2.61. The summed E-state index contributed by atoms with van der Waals surface area (Å²) in [5.41, 5.74) is -0.0741. The van der Waals surface area contributed by atoms with Gasteiger partial charge in [-0.1, -0.05) is 6.92 Å². The molecule has 4 aliphatic rings. The lowest BCUT2D eigenvalue weighted by Crippen LogP contribution is -2.57. The van der Waals surface area contributed by atoms with Crippen LogP contribution in [0.15, 0.2) is 21.8 Å². The minimum Gasteiger partial charge on any atom is -0.460 e. The number of methoxy groups -OCH3 is 1. The number of esters is 2. The topological polar surface area (TPSA) is 109 Å². The molecule has 0 radical (unpaired) electrons. The van der Waals surface area contributed by atoms with E-state index in [9.17, 15) is 19.2 Å². The Morgan fingerprint density at radius 3 is 2.68 bits per heavy atom. The molecule has 8 heteroatoms. The van der Waals surface area contributed by atoms with Gasteiger partial charge in [0.05, 0.1) is 12.0 Å².